The van der Waals surface area contributed by atoms with Gasteiger partial charge < -0.3 is 0 Å². The zero-order chi connectivity index (χ0) is 11.5. The van der Waals surface area contributed by atoms with Crippen molar-refractivity contribution < 1.29 is 4.39 Å². The minimum absolute atomic E-state index is 0.362. The summed E-state index contributed by atoms with van der Waals surface area (Å²) in [7, 11) is 0. The highest BCUT2D eigenvalue weighted by Gasteiger charge is 2.17. The van der Waals surface area contributed by atoms with Crippen LogP contribution in [0.25, 0.3) is 0 Å². The zero-order valence-corrected chi connectivity index (χ0v) is 9.73. The number of rotatable bonds is 3. The molecule has 1 aromatic heterocycles. The summed E-state index contributed by atoms with van der Waals surface area (Å²) in [6.45, 7) is 0. The van der Waals surface area contributed by atoms with Crippen LogP contribution in [0.3, 0.4) is 0 Å². The Labute approximate surface area is 101 Å². The molecule has 1 atom stereocenters. The van der Waals surface area contributed by atoms with Gasteiger partial charge in [-0.25, -0.2) is 9.82 Å². The Morgan fingerprint density at radius 3 is 2.88 bits per heavy atom. The van der Waals surface area contributed by atoms with Crippen molar-refractivity contribution in [2.24, 2.45) is 5.84 Å². The molecular formula is C10H9ClFN3S. The third kappa shape index (κ3) is 2.22. The molecular weight excluding hydrogens is 249 g/mol. The van der Waals surface area contributed by atoms with Crippen LogP contribution >= 0.6 is 22.9 Å². The molecule has 0 radical (unpaired) electrons. The Hall–Kier alpha value is -1.01. The Kier molecular flexibility index (Phi) is 3.50. The number of thiazole rings is 1. The fourth-order valence-corrected chi connectivity index (χ4v) is 2.28. The van der Waals surface area contributed by atoms with Gasteiger partial charge in [0.15, 0.2) is 0 Å². The van der Waals surface area contributed by atoms with E-state index in [1.807, 2.05) is 0 Å². The SMILES string of the molecule is NNC(c1cncs1)c1ccc(Cl)cc1F. The molecule has 0 amide bonds. The molecule has 0 saturated heterocycles. The minimum Gasteiger partial charge on any atom is -0.271 e. The third-order valence-corrected chi connectivity index (χ3v) is 3.25. The van der Waals surface area contributed by atoms with Crippen molar-refractivity contribution in [1.82, 2.24) is 10.4 Å². The lowest BCUT2D eigenvalue weighted by molar-refractivity contribution is 0.564. The number of aromatic nitrogens is 1. The molecule has 3 nitrogen and oxygen atoms in total. The van der Waals surface area contributed by atoms with Gasteiger partial charge in [0.2, 0.25) is 0 Å². The van der Waals surface area contributed by atoms with E-state index in [1.54, 1.807) is 23.8 Å². The molecule has 0 bridgehead atoms. The highest BCUT2D eigenvalue weighted by Crippen LogP contribution is 2.27. The van der Waals surface area contributed by atoms with Gasteiger partial charge in [-0.3, -0.25) is 10.8 Å². The van der Waals surface area contributed by atoms with Crippen molar-refractivity contribution in [3.63, 3.8) is 0 Å². The van der Waals surface area contributed by atoms with Crippen molar-refractivity contribution in [2.75, 3.05) is 0 Å². The number of hydrogen-bond acceptors (Lipinski definition) is 4. The van der Waals surface area contributed by atoms with E-state index >= 15 is 0 Å². The number of benzene rings is 1. The minimum atomic E-state index is -0.398. The quantitative estimate of drug-likeness (QED) is 0.656. The number of nitrogens with zero attached hydrogens (tertiary/aromatic N) is 1. The van der Waals surface area contributed by atoms with E-state index in [-0.39, 0.29) is 5.82 Å². The first-order valence-corrected chi connectivity index (χ1v) is 5.77. The molecule has 1 heterocycles. The summed E-state index contributed by atoms with van der Waals surface area (Å²) in [5.41, 5.74) is 4.70. The number of hydrogen-bond donors (Lipinski definition) is 2. The van der Waals surface area contributed by atoms with E-state index in [1.165, 1.54) is 17.4 Å². The van der Waals surface area contributed by atoms with Crippen LogP contribution in [-0.4, -0.2) is 4.98 Å². The molecule has 0 aliphatic rings. The lowest BCUT2D eigenvalue weighted by Gasteiger charge is -2.15. The molecule has 2 rings (SSSR count). The van der Waals surface area contributed by atoms with Gasteiger partial charge >= 0.3 is 0 Å². The first-order chi connectivity index (χ1) is 7.72. The van der Waals surface area contributed by atoms with Crippen LogP contribution < -0.4 is 11.3 Å². The Balaban J connectivity index is 2.41. The monoisotopic (exact) mass is 257 g/mol. The highest BCUT2D eigenvalue weighted by molar-refractivity contribution is 7.09. The van der Waals surface area contributed by atoms with E-state index < -0.39 is 6.04 Å². The summed E-state index contributed by atoms with van der Waals surface area (Å²) < 4.78 is 13.7. The van der Waals surface area contributed by atoms with Crippen molar-refractivity contribution >= 4 is 22.9 Å². The number of nitrogens with one attached hydrogen (secondary N) is 1. The van der Waals surface area contributed by atoms with E-state index in [4.69, 9.17) is 17.4 Å². The predicted octanol–water partition coefficient (Wildman–Crippen LogP) is 2.49. The summed E-state index contributed by atoms with van der Waals surface area (Å²) >= 11 is 7.10. The van der Waals surface area contributed by atoms with Crippen LogP contribution in [0.4, 0.5) is 4.39 Å². The summed E-state index contributed by atoms with van der Waals surface area (Å²) in [6.07, 6.45) is 1.66. The molecule has 16 heavy (non-hydrogen) atoms. The summed E-state index contributed by atoms with van der Waals surface area (Å²) in [6, 6.07) is 4.11. The largest absolute Gasteiger partial charge is 0.271 e. The molecule has 6 heteroatoms. The normalized spacial score (nSPS) is 12.7. The van der Waals surface area contributed by atoms with E-state index in [2.05, 4.69) is 10.4 Å². The average molecular weight is 258 g/mol. The molecule has 3 N–H and O–H groups in total. The van der Waals surface area contributed by atoms with Crippen molar-refractivity contribution in [1.29, 1.82) is 0 Å². The van der Waals surface area contributed by atoms with Crippen LogP contribution in [0.15, 0.2) is 29.9 Å². The maximum atomic E-state index is 13.7. The Morgan fingerprint density at radius 2 is 2.31 bits per heavy atom. The predicted molar refractivity (Wildman–Crippen MR) is 62.7 cm³/mol. The van der Waals surface area contributed by atoms with Crippen molar-refractivity contribution in [3.05, 3.63) is 51.2 Å². The number of halogens is 2. The number of hydrazine groups is 1. The smallest absolute Gasteiger partial charge is 0.129 e. The maximum absolute atomic E-state index is 13.7. The second-order valence-corrected chi connectivity index (χ2v) is 4.52. The van der Waals surface area contributed by atoms with Gasteiger partial charge in [-0.05, 0) is 12.1 Å². The number of nitrogens with two attached hydrogens (primary N) is 1. The molecule has 1 unspecified atom stereocenters. The van der Waals surface area contributed by atoms with Gasteiger partial charge in [-0.1, -0.05) is 17.7 Å². The average Bonchev–Trinajstić information content (AvgIpc) is 2.75. The molecule has 2 aromatic rings. The van der Waals surface area contributed by atoms with E-state index in [0.717, 1.165) is 4.88 Å². The lowest BCUT2D eigenvalue weighted by atomic mass is 10.1. The van der Waals surface area contributed by atoms with Gasteiger partial charge in [-0.2, -0.15) is 0 Å². The molecule has 84 valence electrons. The fraction of sp³-hybridized carbons (Fsp3) is 0.100. The van der Waals surface area contributed by atoms with Crippen molar-refractivity contribution in [2.45, 2.75) is 6.04 Å². The molecule has 0 fully saturated rings. The Morgan fingerprint density at radius 1 is 1.50 bits per heavy atom. The highest BCUT2D eigenvalue weighted by atomic mass is 35.5. The second kappa shape index (κ2) is 4.88. The standard InChI is InChI=1S/C10H9ClFN3S/c11-6-1-2-7(8(12)3-6)10(15-13)9-4-14-5-16-9/h1-5,10,15H,13H2. The van der Waals surface area contributed by atoms with E-state index in [0.29, 0.717) is 10.6 Å². The summed E-state index contributed by atoms with van der Waals surface area (Å²) in [5, 5.41) is 0.362. The molecule has 0 aliphatic heterocycles. The molecule has 1 aromatic carbocycles. The van der Waals surface area contributed by atoms with Crippen LogP contribution in [0.5, 0.6) is 0 Å². The second-order valence-electron chi connectivity index (χ2n) is 3.17. The third-order valence-electron chi connectivity index (χ3n) is 2.18. The van der Waals surface area contributed by atoms with Crippen LogP contribution in [0, 0.1) is 5.82 Å². The first-order valence-electron chi connectivity index (χ1n) is 4.52. The van der Waals surface area contributed by atoms with Crippen LogP contribution in [-0.2, 0) is 0 Å². The van der Waals surface area contributed by atoms with Crippen LogP contribution in [0.2, 0.25) is 5.02 Å². The van der Waals surface area contributed by atoms with Gasteiger partial charge in [0, 0.05) is 21.7 Å². The van der Waals surface area contributed by atoms with Gasteiger partial charge in [0.1, 0.15) is 5.82 Å². The van der Waals surface area contributed by atoms with Gasteiger partial charge in [0.25, 0.3) is 0 Å². The molecule has 0 aliphatic carbocycles. The zero-order valence-electron chi connectivity index (χ0n) is 8.15. The van der Waals surface area contributed by atoms with Gasteiger partial charge in [-0.15, -0.1) is 11.3 Å². The van der Waals surface area contributed by atoms with E-state index in [9.17, 15) is 4.39 Å². The topological polar surface area (TPSA) is 50.9 Å². The maximum Gasteiger partial charge on any atom is 0.129 e. The van der Waals surface area contributed by atoms with Gasteiger partial charge in [0.05, 0.1) is 11.6 Å². The fourth-order valence-electron chi connectivity index (χ4n) is 1.43. The Bertz CT molecular complexity index is 475. The summed E-state index contributed by atoms with van der Waals surface area (Å²) in [5.74, 6) is 5.05. The summed E-state index contributed by atoms with van der Waals surface area (Å²) in [4.78, 5) is 4.79. The van der Waals surface area contributed by atoms with Crippen molar-refractivity contribution in [3.8, 4) is 0 Å². The first kappa shape index (κ1) is 11.5. The lowest BCUT2D eigenvalue weighted by Crippen LogP contribution is -2.28. The molecule has 0 spiro atoms. The van der Waals surface area contributed by atoms with Crippen LogP contribution in [0.1, 0.15) is 16.5 Å². The molecule has 0 saturated carbocycles.